The van der Waals surface area contributed by atoms with Crippen LogP contribution in [0.25, 0.3) is 10.9 Å². The first-order valence-electron chi connectivity index (χ1n) is 12.2. The molecular weight excluding hydrogens is 396 g/mol. The van der Waals surface area contributed by atoms with Gasteiger partial charge < -0.3 is 14.6 Å². The van der Waals surface area contributed by atoms with Gasteiger partial charge in [-0.3, -0.25) is 4.79 Å². The number of carbonyl (C=O) groups is 1. The van der Waals surface area contributed by atoms with Crippen molar-refractivity contribution in [2.75, 3.05) is 13.1 Å². The van der Waals surface area contributed by atoms with E-state index in [1.54, 1.807) is 6.92 Å². The molecule has 1 N–H and O–H groups in total. The number of nitrogens with zero attached hydrogens (tertiary/aromatic N) is 1. The van der Waals surface area contributed by atoms with Crippen molar-refractivity contribution in [2.24, 2.45) is 11.8 Å². The van der Waals surface area contributed by atoms with Crippen molar-refractivity contribution < 1.29 is 9.53 Å². The molecule has 0 bridgehead atoms. The SMILES string of the molecule is CC(=O)N1CCc2c([nH]c3ccccc23)C(OCc2ccccc2)CC2CCCCC2C1. The number of rotatable bonds is 3. The lowest BCUT2D eigenvalue weighted by atomic mass is 9.75. The maximum atomic E-state index is 12.5. The number of amides is 1. The number of hydrogen-bond donors (Lipinski definition) is 1. The summed E-state index contributed by atoms with van der Waals surface area (Å²) in [6.45, 7) is 4.02. The summed E-state index contributed by atoms with van der Waals surface area (Å²) in [5.74, 6) is 1.36. The highest BCUT2D eigenvalue weighted by Crippen LogP contribution is 2.41. The molecule has 2 aromatic carbocycles. The van der Waals surface area contributed by atoms with Crippen molar-refractivity contribution in [3.63, 3.8) is 0 Å². The Morgan fingerprint density at radius 3 is 2.59 bits per heavy atom. The number of aromatic amines is 1. The highest BCUT2D eigenvalue weighted by molar-refractivity contribution is 5.85. The van der Waals surface area contributed by atoms with Gasteiger partial charge in [-0.05, 0) is 48.3 Å². The fourth-order valence-electron chi connectivity index (χ4n) is 5.82. The van der Waals surface area contributed by atoms with Crippen molar-refractivity contribution in [3.05, 3.63) is 71.4 Å². The fourth-order valence-corrected chi connectivity index (χ4v) is 5.82. The molecule has 1 aliphatic carbocycles. The zero-order chi connectivity index (χ0) is 21.9. The lowest BCUT2D eigenvalue weighted by molar-refractivity contribution is -0.130. The number of nitrogens with one attached hydrogen (secondary N) is 1. The molecule has 0 saturated heterocycles. The summed E-state index contributed by atoms with van der Waals surface area (Å²) < 4.78 is 6.67. The summed E-state index contributed by atoms with van der Waals surface area (Å²) >= 11 is 0. The van der Waals surface area contributed by atoms with Crippen molar-refractivity contribution in [1.29, 1.82) is 0 Å². The maximum Gasteiger partial charge on any atom is 0.219 e. The molecule has 1 aromatic heterocycles. The van der Waals surface area contributed by atoms with E-state index in [2.05, 4.69) is 64.5 Å². The van der Waals surface area contributed by atoms with Crippen molar-refractivity contribution in [3.8, 4) is 0 Å². The van der Waals surface area contributed by atoms with Gasteiger partial charge >= 0.3 is 0 Å². The monoisotopic (exact) mass is 430 g/mol. The minimum absolute atomic E-state index is 0.0482. The number of benzene rings is 2. The molecule has 0 spiro atoms. The van der Waals surface area contributed by atoms with Crippen LogP contribution in [-0.4, -0.2) is 28.9 Å². The first kappa shape index (κ1) is 21.3. The van der Waals surface area contributed by atoms with Crippen LogP contribution in [0.15, 0.2) is 54.6 Å². The average molecular weight is 431 g/mol. The van der Waals surface area contributed by atoms with E-state index < -0.39 is 0 Å². The normalized spacial score (nSPS) is 24.0. The number of aromatic nitrogens is 1. The summed E-state index contributed by atoms with van der Waals surface area (Å²) in [6.07, 6.45) is 6.94. The fraction of sp³-hybridized carbons (Fsp3) is 0.464. The molecule has 2 heterocycles. The van der Waals surface area contributed by atoms with Crippen molar-refractivity contribution in [2.45, 2.75) is 58.2 Å². The largest absolute Gasteiger partial charge is 0.367 e. The van der Waals surface area contributed by atoms with Gasteiger partial charge in [0.1, 0.15) is 0 Å². The van der Waals surface area contributed by atoms with Crippen molar-refractivity contribution in [1.82, 2.24) is 9.88 Å². The summed E-state index contributed by atoms with van der Waals surface area (Å²) in [7, 11) is 0. The number of carbonyl (C=O) groups excluding carboxylic acids is 1. The molecule has 5 rings (SSSR count). The van der Waals surface area contributed by atoms with E-state index in [1.807, 2.05) is 0 Å². The van der Waals surface area contributed by atoms with Crippen LogP contribution < -0.4 is 0 Å². The third-order valence-corrected chi connectivity index (χ3v) is 7.58. The molecule has 4 heteroatoms. The van der Waals surface area contributed by atoms with Crippen LogP contribution in [0.2, 0.25) is 0 Å². The number of hydrogen-bond acceptors (Lipinski definition) is 2. The van der Waals surface area contributed by atoms with Gasteiger partial charge in [0.15, 0.2) is 0 Å². The van der Waals surface area contributed by atoms with Gasteiger partial charge in [0, 0.05) is 36.6 Å². The molecule has 1 fully saturated rings. The maximum absolute atomic E-state index is 12.5. The second-order valence-electron chi connectivity index (χ2n) is 9.60. The smallest absolute Gasteiger partial charge is 0.219 e. The predicted octanol–water partition coefficient (Wildman–Crippen LogP) is 6.03. The average Bonchev–Trinajstić information content (AvgIpc) is 3.19. The lowest BCUT2D eigenvalue weighted by Gasteiger charge is -2.38. The molecule has 1 aliphatic heterocycles. The molecule has 4 nitrogen and oxygen atoms in total. The Labute approximate surface area is 191 Å². The van der Waals surface area contributed by atoms with Crippen molar-refractivity contribution >= 4 is 16.8 Å². The Hall–Kier alpha value is -2.59. The number of para-hydroxylation sites is 1. The van der Waals surface area contributed by atoms with Gasteiger partial charge in [0.2, 0.25) is 5.91 Å². The van der Waals surface area contributed by atoms with Crippen LogP contribution in [0, 0.1) is 11.8 Å². The number of H-pyrrole nitrogens is 1. The van der Waals surface area contributed by atoms with Gasteiger partial charge in [0.25, 0.3) is 0 Å². The third kappa shape index (κ3) is 4.47. The Morgan fingerprint density at radius 1 is 1.03 bits per heavy atom. The van der Waals surface area contributed by atoms with Gasteiger partial charge in [-0.1, -0.05) is 67.8 Å². The van der Waals surface area contributed by atoms with Crippen LogP contribution in [0.4, 0.5) is 0 Å². The second-order valence-corrected chi connectivity index (χ2v) is 9.60. The van der Waals surface area contributed by atoms with E-state index in [9.17, 15) is 4.79 Å². The molecule has 32 heavy (non-hydrogen) atoms. The van der Waals surface area contributed by atoms with E-state index >= 15 is 0 Å². The Morgan fingerprint density at radius 2 is 1.78 bits per heavy atom. The molecule has 1 saturated carbocycles. The van der Waals surface area contributed by atoms with Gasteiger partial charge in [-0.15, -0.1) is 0 Å². The van der Waals surface area contributed by atoms with Crippen LogP contribution in [0.3, 0.4) is 0 Å². The summed E-state index contributed by atoms with van der Waals surface area (Å²) in [5.41, 5.74) is 4.92. The summed E-state index contributed by atoms with van der Waals surface area (Å²) in [6, 6.07) is 19.0. The first-order chi connectivity index (χ1) is 15.7. The summed E-state index contributed by atoms with van der Waals surface area (Å²) in [5, 5.41) is 1.26. The van der Waals surface area contributed by atoms with Gasteiger partial charge in [-0.2, -0.15) is 0 Å². The molecule has 0 radical (unpaired) electrons. The molecule has 3 unspecified atom stereocenters. The quantitative estimate of drug-likeness (QED) is 0.552. The van der Waals surface area contributed by atoms with E-state index in [4.69, 9.17) is 4.74 Å². The Kier molecular flexibility index (Phi) is 6.31. The predicted molar refractivity (Wildman–Crippen MR) is 128 cm³/mol. The zero-order valence-corrected chi connectivity index (χ0v) is 19.1. The topological polar surface area (TPSA) is 45.3 Å². The van der Waals surface area contributed by atoms with E-state index in [-0.39, 0.29) is 12.0 Å². The van der Waals surface area contributed by atoms with Gasteiger partial charge in [0.05, 0.1) is 12.7 Å². The number of fused-ring (bicyclic) bond motifs is 4. The first-order valence-corrected chi connectivity index (χ1v) is 12.2. The lowest BCUT2D eigenvalue weighted by Crippen LogP contribution is -2.39. The second kappa shape index (κ2) is 9.50. The van der Waals surface area contributed by atoms with Crippen LogP contribution in [-0.2, 0) is 22.6 Å². The Balaban J connectivity index is 1.53. The number of ether oxygens (including phenoxy) is 1. The highest BCUT2D eigenvalue weighted by atomic mass is 16.5. The molecular formula is C28H34N2O2. The molecule has 168 valence electrons. The summed E-state index contributed by atoms with van der Waals surface area (Å²) in [4.78, 5) is 18.3. The minimum Gasteiger partial charge on any atom is -0.367 e. The van der Waals surface area contributed by atoms with E-state index in [1.165, 1.54) is 53.4 Å². The molecule has 3 aromatic rings. The molecule has 2 aliphatic rings. The van der Waals surface area contributed by atoms with Crippen LogP contribution in [0.5, 0.6) is 0 Å². The molecule has 3 atom stereocenters. The Bertz CT molecular complexity index is 1060. The van der Waals surface area contributed by atoms with E-state index in [0.717, 1.165) is 25.9 Å². The standard InChI is InChI=1S/C28H34N2O2/c1-20(31)30-16-15-25-24-13-7-8-14-26(24)29-28(25)27(32-19-21-9-3-2-4-10-21)17-22-11-5-6-12-23(22)18-30/h2-4,7-10,13-14,22-23,27,29H,5-6,11-12,15-19H2,1H3. The third-order valence-electron chi connectivity index (χ3n) is 7.58. The minimum atomic E-state index is 0.0482. The molecule has 1 amide bonds. The zero-order valence-electron chi connectivity index (χ0n) is 19.1. The van der Waals surface area contributed by atoms with Crippen LogP contribution in [0.1, 0.15) is 62.0 Å². The highest BCUT2D eigenvalue weighted by Gasteiger charge is 2.33. The van der Waals surface area contributed by atoms with E-state index in [0.29, 0.717) is 18.4 Å². The van der Waals surface area contributed by atoms with Crippen LogP contribution >= 0.6 is 0 Å². The van der Waals surface area contributed by atoms with Gasteiger partial charge in [-0.25, -0.2) is 0 Å².